The lowest BCUT2D eigenvalue weighted by Crippen LogP contribution is -2.44. The second-order valence-corrected chi connectivity index (χ2v) is 6.40. The molecule has 1 N–H and O–H groups in total. The molecule has 0 amide bonds. The van der Waals surface area contributed by atoms with Gasteiger partial charge in [0.05, 0.1) is 0 Å². The summed E-state index contributed by atoms with van der Waals surface area (Å²) >= 11 is 1.87. The minimum Gasteiger partial charge on any atom is -0.314 e. The molecule has 1 aliphatic heterocycles. The van der Waals surface area contributed by atoms with Gasteiger partial charge in [-0.15, -0.1) is 11.3 Å². The maximum Gasteiger partial charge on any atom is 0.00793 e. The lowest BCUT2D eigenvalue weighted by atomic mass is 9.91. The van der Waals surface area contributed by atoms with Crippen LogP contribution in [0.1, 0.15) is 31.6 Å². The van der Waals surface area contributed by atoms with Crippen molar-refractivity contribution in [3.8, 4) is 0 Å². The highest BCUT2D eigenvalue weighted by Gasteiger charge is 2.23. The highest BCUT2D eigenvalue weighted by atomic mass is 32.1. The molecule has 0 bridgehead atoms. The minimum absolute atomic E-state index is 0.652. The molecule has 2 atom stereocenters. The molecular formula is C15H26N2S. The van der Waals surface area contributed by atoms with Crippen molar-refractivity contribution in [2.24, 2.45) is 5.92 Å². The highest BCUT2D eigenvalue weighted by Crippen LogP contribution is 2.19. The van der Waals surface area contributed by atoms with E-state index in [2.05, 4.69) is 41.6 Å². The number of hydrogen-bond acceptors (Lipinski definition) is 3. The molecule has 18 heavy (non-hydrogen) atoms. The van der Waals surface area contributed by atoms with E-state index in [0.717, 1.165) is 12.5 Å². The summed E-state index contributed by atoms with van der Waals surface area (Å²) in [6, 6.07) is 5.03. The summed E-state index contributed by atoms with van der Waals surface area (Å²) in [5.41, 5.74) is 0. The zero-order valence-corrected chi connectivity index (χ0v) is 12.5. The van der Waals surface area contributed by atoms with Crippen LogP contribution in [0.2, 0.25) is 0 Å². The number of nitrogens with zero attached hydrogens (tertiary/aromatic N) is 1. The molecule has 3 heteroatoms. The molecule has 1 aromatic heterocycles. The molecule has 0 radical (unpaired) electrons. The van der Waals surface area contributed by atoms with E-state index in [9.17, 15) is 0 Å². The van der Waals surface area contributed by atoms with Gasteiger partial charge in [0.15, 0.2) is 0 Å². The monoisotopic (exact) mass is 266 g/mol. The molecule has 0 aliphatic carbocycles. The SMILES string of the molecule is CCN1CCCC(C(C)NCCc2cccs2)C1. The molecule has 0 spiro atoms. The first-order valence-electron chi connectivity index (χ1n) is 7.27. The van der Waals surface area contributed by atoms with Gasteiger partial charge in [0, 0.05) is 24.0 Å². The summed E-state index contributed by atoms with van der Waals surface area (Å²) in [7, 11) is 0. The van der Waals surface area contributed by atoms with E-state index in [1.807, 2.05) is 11.3 Å². The molecule has 1 aromatic rings. The van der Waals surface area contributed by atoms with Gasteiger partial charge >= 0.3 is 0 Å². The van der Waals surface area contributed by atoms with Crippen molar-refractivity contribution in [1.82, 2.24) is 10.2 Å². The van der Waals surface area contributed by atoms with Crippen LogP contribution in [0.15, 0.2) is 17.5 Å². The smallest absolute Gasteiger partial charge is 0.00793 e. The minimum atomic E-state index is 0.652. The highest BCUT2D eigenvalue weighted by molar-refractivity contribution is 7.09. The van der Waals surface area contributed by atoms with Crippen LogP contribution in [0.25, 0.3) is 0 Å². The summed E-state index contributed by atoms with van der Waals surface area (Å²) in [6.07, 6.45) is 3.94. The Hall–Kier alpha value is -0.380. The number of piperidine rings is 1. The molecular weight excluding hydrogens is 240 g/mol. The van der Waals surface area contributed by atoms with Crippen LogP contribution >= 0.6 is 11.3 Å². The van der Waals surface area contributed by atoms with Crippen LogP contribution in [-0.2, 0) is 6.42 Å². The molecule has 1 aliphatic rings. The number of thiophene rings is 1. The zero-order valence-electron chi connectivity index (χ0n) is 11.7. The second-order valence-electron chi connectivity index (χ2n) is 5.37. The van der Waals surface area contributed by atoms with Crippen LogP contribution < -0.4 is 5.32 Å². The van der Waals surface area contributed by atoms with Gasteiger partial charge in [-0.2, -0.15) is 0 Å². The van der Waals surface area contributed by atoms with Crippen LogP contribution in [0, 0.1) is 5.92 Å². The van der Waals surface area contributed by atoms with Gasteiger partial charge in [0.25, 0.3) is 0 Å². The number of hydrogen-bond donors (Lipinski definition) is 1. The van der Waals surface area contributed by atoms with E-state index in [1.54, 1.807) is 0 Å². The van der Waals surface area contributed by atoms with Crippen molar-refractivity contribution in [3.63, 3.8) is 0 Å². The third kappa shape index (κ3) is 4.08. The fourth-order valence-corrected chi connectivity index (χ4v) is 3.54. The Kier molecular flexibility index (Phi) is 5.67. The Morgan fingerprint density at radius 2 is 2.44 bits per heavy atom. The van der Waals surface area contributed by atoms with Crippen molar-refractivity contribution in [2.75, 3.05) is 26.2 Å². The average Bonchev–Trinajstić information content (AvgIpc) is 2.92. The van der Waals surface area contributed by atoms with E-state index < -0.39 is 0 Å². The number of likely N-dealkylation sites (tertiary alicyclic amines) is 1. The quantitative estimate of drug-likeness (QED) is 0.851. The predicted molar refractivity (Wildman–Crippen MR) is 80.3 cm³/mol. The summed E-state index contributed by atoms with van der Waals surface area (Å²) in [5.74, 6) is 0.835. The fraction of sp³-hybridized carbons (Fsp3) is 0.733. The average molecular weight is 266 g/mol. The molecule has 0 saturated carbocycles. The summed E-state index contributed by atoms with van der Waals surface area (Å²) in [6.45, 7) is 9.54. The van der Waals surface area contributed by atoms with Gasteiger partial charge in [-0.05, 0) is 56.6 Å². The molecule has 2 unspecified atom stereocenters. The van der Waals surface area contributed by atoms with Crippen molar-refractivity contribution in [3.05, 3.63) is 22.4 Å². The van der Waals surface area contributed by atoms with E-state index in [4.69, 9.17) is 0 Å². The van der Waals surface area contributed by atoms with E-state index in [1.165, 1.54) is 43.8 Å². The largest absolute Gasteiger partial charge is 0.314 e. The molecule has 1 saturated heterocycles. The Bertz CT molecular complexity index is 323. The van der Waals surface area contributed by atoms with Gasteiger partial charge in [0.1, 0.15) is 0 Å². The van der Waals surface area contributed by atoms with Crippen LogP contribution in [-0.4, -0.2) is 37.1 Å². The van der Waals surface area contributed by atoms with Crippen LogP contribution in [0.5, 0.6) is 0 Å². The van der Waals surface area contributed by atoms with Crippen LogP contribution in [0.3, 0.4) is 0 Å². The summed E-state index contributed by atoms with van der Waals surface area (Å²) < 4.78 is 0. The Balaban J connectivity index is 1.68. The van der Waals surface area contributed by atoms with Crippen molar-refractivity contribution in [2.45, 2.75) is 39.2 Å². The standard InChI is InChI=1S/C15H26N2S/c1-3-17-10-4-6-14(12-17)13(2)16-9-8-15-7-5-11-18-15/h5,7,11,13-14,16H,3-4,6,8-10,12H2,1-2H3. The van der Waals surface area contributed by atoms with Gasteiger partial charge < -0.3 is 10.2 Å². The van der Waals surface area contributed by atoms with Gasteiger partial charge in [-0.25, -0.2) is 0 Å². The van der Waals surface area contributed by atoms with Crippen molar-refractivity contribution >= 4 is 11.3 Å². The van der Waals surface area contributed by atoms with Crippen molar-refractivity contribution in [1.29, 1.82) is 0 Å². The normalized spacial score (nSPS) is 23.1. The lowest BCUT2D eigenvalue weighted by molar-refractivity contribution is 0.157. The molecule has 2 nitrogen and oxygen atoms in total. The molecule has 1 fully saturated rings. The molecule has 2 rings (SSSR count). The maximum absolute atomic E-state index is 3.72. The Morgan fingerprint density at radius 1 is 1.56 bits per heavy atom. The van der Waals surface area contributed by atoms with E-state index in [-0.39, 0.29) is 0 Å². The first-order valence-corrected chi connectivity index (χ1v) is 8.15. The van der Waals surface area contributed by atoms with Gasteiger partial charge in [-0.1, -0.05) is 13.0 Å². The van der Waals surface area contributed by atoms with E-state index >= 15 is 0 Å². The molecule has 102 valence electrons. The van der Waals surface area contributed by atoms with E-state index in [0.29, 0.717) is 6.04 Å². The maximum atomic E-state index is 3.72. The predicted octanol–water partition coefficient (Wildman–Crippen LogP) is 3.00. The third-order valence-electron chi connectivity index (χ3n) is 4.11. The van der Waals surface area contributed by atoms with Gasteiger partial charge in [-0.3, -0.25) is 0 Å². The first-order chi connectivity index (χ1) is 8.79. The Morgan fingerprint density at radius 3 is 3.17 bits per heavy atom. The lowest BCUT2D eigenvalue weighted by Gasteiger charge is -2.35. The van der Waals surface area contributed by atoms with Crippen LogP contribution in [0.4, 0.5) is 0 Å². The third-order valence-corrected chi connectivity index (χ3v) is 5.05. The second kappa shape index (κ2) is 7.27. The summed E-state index contributed by atoms with van der Waals surface area (Å²) in [5, 5.41) is 5.88. The number of nitrogens with one attached hydrogen (secondary N) is 1. The Labute approximate surface area is 115 Å². The zero-order chi connectivity index (χ0) is 12.8. The number of rotatable bonds is 6. The topological polar surface area (TPSA) is 15.3 Å². The first kappa shape index (κ1) is 14.0. The molecule has 0 aromatic carbocycles. The van der Waals surface area contributed by atoms with Crippen molar-refractivity contribution < 1.29 is 0 Å². The fourth-order valence-electron chi connectivity index (χ4n) is 2.83. The summed E-state index contributed by atoms with van der Waals surface area (Å²) in [4.78, 5) is 4.08. The molecule has 2 heterocycles. The van der Waals surface area contributed by atoms with Gasteiger partial charge in [0.2, 0.25) is 0 Å².